The molecule has 2 saturated heterocycles. The van der Waals surface area contributed by atoms with Gasteiger partial charge >= 0.3 is 0 Å². The van der Waals surface area contributed by atoms with Gasteiger partial charge in [-0.2, -0.15) is 0 Å². The van der Waals surface area contributed by atoms with Gasteiger partial charge in [-0.15, -0.1) is 0 Å². The molecule has 1 aromatic carbocycles. The zero-order chi connectivity index (χ0) is 22.4. The Hall–Kier alpha value is -1.92. The lowest BCUT2D eigenvalue weighted by atomic mass is 9.86. The molecule has 1 unspecified atom stereocenters. The standard InChI is InChI=1S/C25H40N4O2/c1-5-27-15-6-7-22(27)19-29(16-12-23(30)28-17-13-26-14-18-28)24(31)20-8-10-21(11-9-20)25(2,3)4/h8-11,22,26H,5-7,12-19H2,1-4H3. The van der Waals surface area contributed by atoms with Gasteiger partial charge in [0.15, 0.2) is 0 Å². The van der Waals surface area contributed by atoms with Crippen LogP contribution < -0.4 is 5.32 Å². The second kappa shape index (κ2) is 10.6. The van der Waals surface area contributed by atoms with Crippen LogP contribution in [0, 0.1) is 0 Å². The molecular formula is C25H40N4O2. The Morgan fingerprint density at radius 1 is 1.10 bits per heavy atom. The van der Waals surface area contributed by atoms with Crippen LogP contribution in [0.15, 0.2) is 24.3 Å². The molecule has 172 valence electrons. The van der Waals surface area contributed by atoms with E-state index >= 15 is 0 Å². The molecule has 0 spiro atoms. The fourth-order valence-corrected chi connectivity index (χ4v) is 4.65. The zero-order valence-corrected chi connectivity index (χ0v) is 19.8. The lowest BCUT2D eigenvalue weighted by Crippen LogP contribution is -2.48. The SMILES string of the molecule is CCN1CCCC1CN(CCC(=O)N1CCNCC1)C(=O)c1ccc(C(C)(C)C)cc1. The van der Waals surface area contributed by atoms with Gasteiger partial charge in [0.05, 0.1) is 0 Å². The number of carbonyl (C=O) groups is 2. The second-order valence-electron chi connectivity index (χ2n) is 9.88. The Labute approximate surface area is 188 Å². The van der Waals surface area contributed by atoms with Crippen molar-refractivity contribution in [2.45, 2.75) is 58.4 Å². The number of likely N-dealkylation sites (N-methyl/N-ethyl adjacent to an activating group) is 1. The number of hydrogen-bond acceptors (Lipinski definition) is 4. The van der Waals surface area contributed by atoms with Crippen molar-refractivity contribution in [2.24, 2.45) is 0 Å². The third-order valence-electron chi connectivity index (χ3n) is 6.69. The number of carbonyl (C=O) groups excluding carboxylic acids is 2. The smallest absolute Gasteiger partial charge is 0.253 e. The van der Waals surface area contributed by atoms with Crippen LogP contribution in [0.3, 0.4) is 0 Å². The first-order valence-electron chi connectivity index (χ1n) is 11.9. The molecule has 0 radical (unpaired) electrons. The highest BCUT2D eigenvalue weighted by molar-refractivity contribution is 5.94. The average molecular weight is 429 g/mol. The van der Waals surface area contributed by atoms with Crippen molar-refractivity contribution >= 4 is 11.8 Å². The number of rotatable bonds is 7. The number of piperazine rings is 1. The van der Waals surface area contributed by atoms with Gasteiger partial charge < -0.3 is 15.1 Å². The maximum Gasteiger partial charge on any atom is 0.253 e. The molecule has 0 bridgehead atoms. The van der Waals surface area contributed by atoms with E-state index in [-0.39, 0.29) is 17.2 Å². The van der Waals surface area contributed by atoms with Crippen molar-refractivity contribution in [1.29, 1.82) is 0 Å². The van der Waals surface area contributed by atoms with Crippen LogP contribution in [0.5, 0.6) is 0 Å². The minimum absolute atomic E-state index is 0.0384. The lowest BCUT2D eigenvalue weighted by molar-refractivity contribution is -0.132. The summed E-state index contributed by atoms with van der Waals surface area (Å²) in [5.41, 5.74) is 1.99. The highest BCUT2D eigenvalue weighted by Gasteiger charge is 2.28. The first-order chi connectivity index (χ1) is 14.8. The van der Waals surface area contributed by atoms with E-state index in [1.54, 1.807) is 0 Å². The van der Waals surface area contributed by atoms with E-state index in [0.717, 1.165) is 45.7 Å². The zero-order valence-electron chi connectivity index (χ0n) is 19.8. The summed E-state index contributed by atoms with van der Waals surface area (Å²) >= 11 is 0. The Balaban J connectivity index is 1.71. The highest BCUT2D eigenvalue weighted by Crippen LogP contribution is 2.23. The minimum atomic E-state index is 0.0384. The summed E-state index contributed by atoms with van der Waals surface area (Å²) in [4.78, 5) is 32.5. The summed E-state index contributed by atoms with van der Waals surface area (Å²) in [6.07, 6.45) is 2.69. The van der Waals surface area contributed by atoms with Gasteiger partial charge in [0.1, 0.15) is 0 Å². The van der Waals surface area contributed by atoms with E-state index in [9.17, 15) is 9.59 Å². The summed E-state index contributed by atoms with van der Waals surface area (Å²) in [6.45, 7) is 15.2. The summed E-state index contributed by atoms with van der Waals surface area (Å²) in [7, 11) is 0. The summed E-state index contributed by atoms with van der Waals surface area (Å²) < 4.78 is 0. The predicted molar refractivity (Wildman–Crippen MR) is 125 cm³/mol. The molecule has 1 atom stereocenters. The lowest BCUT2D eigenvalue weighted by Gasteiger charge is -2.32. The van der Waals surface area contributed by atoms with Crippen molar-refractivity contribution in [3.05, 3.63) is 35.4 Å². The molecular weight excluding hydrogens is 388 g/mol. The molecule has 1 N–H and O–H groups in total. The Bertz CT molecular complexity index is 735. The fourth-order valence-electron chi connectivity index (χ4n) is 4.65. The van der Waals surface area contributed by atoms with Crippen molar-refractivity contribution in [3.63, 3.8) is 0 Å². The van der Waals surface area contributed by atoms with Gasteiger partial charge in [0.2, 0.25) is 5.91 Å². The minimum Gasteiger partial charge on any atom is -0.340 e. The van der Waals surface area contributed by atoms with Crippen molar-refractivity contribution < 1.29 is 9.59 Å². The molecule has 2 aliphatic heterocycles. The monoisotopic (exact) mass is 428 g/mol. The van der Waals surface area contributed by atoms with Gasteiger partial charge in [-0.05, 0) is 49.0 Å². The average Bonchev–Trinajstić information content (AvgIpc) is 3.23. The number of hydrogen-bond donors (Lipinski definition) is 1. The molecule has 2 aliphatic rings. The van der Waals surface area contributed by atoms with E-state index in [0.29, 0.717) is 31.1 Å². The molecule has 6 heteroatoms. The van der Waals surface area contributed by atoms with Gasteiger partial charge in [-0.3, -0.25) is 14.5 Å². The summed E-state index contributed by atoms with van der Waals surface area (Å²) in [6, 6.07) is 8.40. The first-order valence-corrected chi connectivity index (χ1v) is 11.9. The van der Waals surface area contributed by atoms with Crippen LogP contribution in [-0.4, -0.2) is 84.9 Å². The topological polar surface area (TPSA) is 55.9 Å². The van der Waals surface area contributed by atoms with Crippen molar-refractivity contribution in [3.8, 4) is 0 Å². The molecule has 3 rings (SSSR count). The number of benzene rings is 1. The predicted octanol–water partition coefficient (Wildman–Crippen LogP) is 2.73. The Kier molecular flexibility index (Phi) is 8.11. The number of nitrogens with one attached hydrogen (secondary N) is 1. The van der Waals surface area contributed by atoms with E-state index in [1.165, 1.54) is 12.0 Å². The van der Waals surface area contributed by atoms with Crippen LogP contribution in [0.4, 0.5) is 0 Å². The quantitative estimate of drug-likeness (QED) is 0.726. The Morgan fingerprint density at radius 2 is 1.77 bits per heavy atom. The Morgan fingerprint density at radius 3 is 2.39 bits per heavy atom. The molecule has 2 heterocycles. The van der Waals surface area contributed by atoms with Crippen LogP contribution in [0.2, 0.25) is 0 Å². The van der Waals surface area contributed by atoms with Crippen LogP contribution in [-0.2, 0) is 10.2 Å². The van der Waals surface area contributed by atoms with Gasteiger partial charge in [0, 0.05) is 57.3 Å². The van der Waals surface area contributed by atoms with Gasteiger partial charge in [-0.25, -0.2) is 0 Å². The molecule has 6 nitrogen and oxygen atoms in total. The number of likely N-dealkylation sites (tertiary alicyclic amines) is 1. The van der Waals surface area contributed by atoms with Crippen LogP contribution in [0.25, 0.3) is 0 Å². The largest absolute Gasteiger partial charge is 0.340 e. The van der Waals surface area contributed by atoms with Crippen LogP contribution >= 0.6 is 0 Å². The molecule has 0 aliphatic carbocycles. The molecule has 0 aromatic heterocycles. The van der Waals surface area contributed by atoms with Crippen molar-refractivity contribution in [1.82, 2.24) is 20.0 Å². The summed E-state index contributed by atoms with van der Waals surface area (Å²) in [5.74, 6) is 0.192. The molecule has 1 aromatic rings. The van der Waals surface area contributed by atoms with Crippen LogP contribution in [0.1, 0.15) is 62.9 Å². The van der Waals surface area contributed by atoms with E-state index in [2.05, 4.69) is 50.0 Å². The molecule has 31 heavy (non-hydrogen) atoms. The first kappa shape index (κ1) is 23.7. The number of nitrogens with zero attached hydrogens (tertiary/aromatic N) is 3. The van der Waals surface area contributed by atoms with Gasteiger partial charge in [-0.1, -0.05) is 39.8 Å². The maximum atomic E-state index is 13.4. The normalized spacial score (nSPS) is 20.1. The third-order valence-corrected chi connectivity index (χ3v) is 6.69. The van der Waals surface area contributed by atoms with Gasteiger partial charge in [0.25, 0.3) is 5.91 Å². The molecule has 2 amide bonds. The van der Waals surface area contributed by atoms with E-state index in [4.69, 9.17) is 0 Å². The molecule has 0 saturated carbocycles. The fraction of sp³-hybridized carbons (Fsp3) is 0.680. The van der Waals surface area contributed by atoms with E-state index in [1.807, 2.05) is 21.9 Å². The second-order valence-corrected chi connectivity index (χ2v) is 9.88. The number of amides is 2. The maximum absolute atomic E-state index is 13.4. The summed E-state index contributed by atoms with van der Waals surface area (Å²) in [5, 5.41) is 3.28. The highest BCUT2D eigenvalue weighted by atomic mass is 16.2. The van der Waals surface area contributed by atoms with E-state index < -0.39 is 0 Å². The molecule has 2 fully saturated rings. The third kappa shape index (κ3) is 6.30. The van der Waals surface area contributed by atoms with Crippen molar-refractivity contribution in [2.75, 3.05) is 52.4 Å².